The van der Waals surface area contributed by atoms with Gasteiger partial charge in [0.2, 0.25) is 0 Å². The second-order valence-corrected chi connectivity index (χ2v) is 6.42. The Morgan fingerprint density at radius 2 is 2.17 bits per heavy atom. The summed E-state index contributed by atoms with van der Waals surface area (Å²) in [4.78, 5) is 11.9. The number of amides is 2. The highest BCUT2D eigenvalue weighted by atomic mass is 32.1. The minimum absolute atomic E-state index is 0.159. The maximum Gasteiger partial charge on any atom is 0.319 e. The third-order valence-electron chi connectivity index (χ3n) is 3.06. The summed E-state index contributed by atoms with van der Waals surface area (Å²) in [5, 5.41) is 19.1. The Labute approximate surface area is 140 Å². The Bertz CT molecular complexity index is 614. The highest BCUT2D eigenvalue weighted by Crippen LogP contribution is 2.18. The van der Waals surface area contributed by atoms with Crippen molar-refractivity contribution in [1.29, 1.82) is 0 Å². The Hall–Kier alpha value is -2.05. The van der Waals surface area contributed by atoms with E-state index in [9.17, 15) is 9.90 Å². The van der Waals surface area contributed by atoms with Gasteiger partial charge >= 0.3 is 6.03 Å². The molecule has 3 N–H and O–H groups in total. The van der Waals surface area contributed by atoms with E-state index in [1.54, 1.807) is 12.1 Å². The molecule has 1 aromatic carbocycles. The molecule has 0 aliphatic carbocycles. The van der Waals surface area contributed by atoms with E-state index in [2.05, 4.69) is 24.5 Å². The van der Waals surface area contributed by atoms with Crippen molar-refractivity contribution < 1.29 is 14.6 Å². The number of benzene rings is 1. The fraction of sp³-hybridized carbons (Fsp3) is 0.353. The van der Waals surface area contributed by atoms with Crippen LogP contribution in [0, 0.1) is 5.92 Å². The molecule has 0 saturated heterocycles. The Balaban J connectivity index is 1.81. The molecule has 0 aliphatic heterocycles. The molecule has 1 heterocycles. The van der Waals surface area contributed by atoms with Gasteiger partial charge < -0.3 is 20.5 Å². The van der Waals surface area contributed by atoms with Gasteiger partial charge in [0.1, 0.15) is 5.75 Å². The lowest BCUT2D eigenvalue weighted by molar-refractivity contribution is 0.175. The first-order chi connectivity index (χ1) is 11.0. The van der Waals surface area contributed by atoms with Crippen LogP contribution in [0.2, 0.25) is 0 Å². The molecular weight excluding hydrogens is 312 g/mol. The number of nitrogens with one attached hydrogen (secondary N) is 2. The van der Waals surface area contributed by atoms with Crippen LogP contribution in [-0.2, 0) is 0 Å². The van der Waals surface area contributed by atoms with Crippen LogP contribution in [0.1, 0.15) is 25.5 Å². The second-order valence-electron chi connectivity index (χ2n) is 5.64. The van der Waals surface area contributed by atoms with Crippen LogP contribution >= 0.6 is 11.3 Å². The molecule has 2 rings (SSSR count). The van der Waals surface area contributed by atoms with Gasteiger partial charge in [-0.3, -0.25) is 0 Å². The molecule has 124 valence electrons. The topological polar surface area (TPSA) is 70.6 Å². The number of urea groups is 1. The van der Waals surface area contributed by atoms with Gasteiger partial charge in [-0.15, -0.1) is 0 Å². The van der Waals surface area contributed by atoms with E-state index in [1.807, 2.05) is 29.0 Å². The predicted molar refractivity (Wildman–Crippen MR) is 93.1 cm³/mol. The molecule has 2 amide bonds. The van der Waals surface area contributed by atoms with Gasteiger partial charge in [-0.2, -0.15) is 11.3 Å². The summed E-state index contributed by atoms with van der Waals surface area (Å²) in [6.45, 7) is 4.94. The van der Waals surface area contributed by atoms with E-state index in [0.717, 1.165) is 11.3 Å². The van der Waals surface area contributed by atoms with Crippen molar-refractivity contribution in [2.24, 2.45) is 5.92 Å². The third-order valence-corrected chi connectivity index (χ3v) is 3.76. The quantitative estimate of drug-likeness (QED) is 0.724. The number of anilines is 1. The van der Waals surface area contributed by atoms with Gasteiger partial charge in [0, 0.05) is 18.3 Å². The van der Waals surface area contributed by atoms with Crippen LogP contribution in [-0.4, -0.2) is 24.3 Å². The normalized spacial score (nSPS) is 12.0. The van der Waals surface area contributed by atoms with Crippen LogP contribution in [0.5, 0.6) is 5.75 Å². The molecule has 1 aromatic heterocycles. The molecule has 0 saturated carbocycles. The van der Waals surface area contributed by atoms with E-state index in [-0.39, 0.29) is 12.6 Å². The zero-order valence-corrected chi connectivity index (χ0v) is 14.1. The molecule has 6 heteroatoms. The summed E-state index contributed by atoms with van der Waals surface area (Å²) in [5.41, 5.74) is 1.45. The smallest absolute Gasteiger partial charge is 0.319 e. The summed E-state index contributed by atoms with van der Waals surface area (Å²) in [7, 11) is 0. The van der Waals surface area contributed by atoms with Gasteiger partial charge in [0.25, 0.3) is 0 Å². The van der Waals surface area contributed by atoms with Crippen LogP contribution < -0.4 is 15.4 Å². The number of ether oxygens (including phenoxy) is 1. The van der Waals surface area contributed by atoms with E-state index in [1.165, 1.54) is 11.3 Å². The molecule has 0 radical (unpaired) electrons. The number of hydrogen-bond donors (Lipinski definition) is 3. The highest BCUT2D eigenvalue weighted by Gasteiger charge is 2.10. The zero-order chi connectivity index (χ0) is 16.7. The molecule has 0 bridgehead atoms. The SMILES string of the molecule is CC(C)COc1cccc(NC(=O)NCC(O)c2ccsc2)c1. The molecule has 1 atom stereocenters. The number of carbonyl (C=O) groups excluding carboxylic acids is 1. The number of thiophene rings is 1. The van der Waals surface area contributed by atoms with E-state index >= 15 is 0 Å². The average molecular weight is 334 g/mol. The average Bonchev–Trinajstić information content (AvgIpc) is 3.05. The Morgan fingerprint density at radius 3 is 2.87 bits per heavy atom. The molecule has 1 unspecified atom stereocenters. The summed E-state index contributed by atoms with van der Waals surface area (Å²) in [6.07, 6.45) is -0.701. The largest absolute Gasteiger partial charge is 0.493 e. The molecular formula is C17H22N2O3S. The van der Waals surface area contributed by atoms with Crippen LogP contribution in [0.25, 0.3) is 0 Å². The van der Waals surface area contributed by atoms with Crippen molar-refractivity contribution in [1.82, 2.24) is 5.32 Å². The van der Waals surface area contributed by atoms with Crippen LogP contribution in [0.4, 0.5) is 10.5 Å². The van der Waals surface area contributed by atoms with Gasteiger partial charge in [-0.25, -0.2) is 4.79 Å². The third kappa shape index (κ3) is 5.92. The lowest BCUT2D eigenvalue weighted by Gasteiger charge is -2.13. The number of hydrogen-bond acceptors (Lipinski definition) is 4. The van der Waals surface area contributed by atoms with Gasteiger partial charge in [0.05, 0.1) is 12.7 Å². The second kappa shape index (κ2) is 8.55. The number of rotatable bonds is 7. The van der Waals surface area contributed by atoms with Gasteiger partial charge in [0.15, 0.2) is 0 Å². The number of carbonyl (C=O) groups is 1. The van der Waals surface area contributed by atoms with Crippen molar-refractivity contribution in [3.8, 4) is 5.75 Å². The van der Waals surface area contributed by atoms with E-state index in [4.69, 9.17) is 4.74 Å². The minimum Gasteiger partial charge on any atom is -0.493 e. The van der Waals surface area contributed by atoms with Crippen LogP contribution in [0.15, 0.2) is 41.1 Å². The van der Waals surface area contributed by atoms with Crippen molar-refractivity contribution >= 4 is 23.1 Å². The predicted octanol–water partition coefficient (Wildman–Crippen LogP) is 3.64. The van der Waals surface area contributed by atoms with Crippen molar-refractivity contribution in [3.63, 3.8) is 0 Å². The van der Waals surface area contributed by atoms with Crippen molar-refractivity contribution in [2.45, 2.75) is 20.0 Å². The molecule has 0 spiro atoms. The number of aliphatic hydroxyl groups is 1. The maximum atomic E-state index is 11.9. The minimum atomic E-state index is -0.701. The van der Waals surface area contributed by atoms with Crippen molar-refractivity contribution in [3.05, 3.63) is 46.7 Å². The fourth-order valence-corrected chi connectivity index (χ4v) is 2.58. The lowest BCUT2D eigenvalue weighted by Crippen LogP contribution is -2.32. The monoisotopic (exact) mass is 334 g/mol. The first kappa shape index (κ1) is 17.3. The summed E-state index contributed by atoms with van der Waals surface area (Å²) >= 11 is 1.51. The summed E-state index contributed by atoms with van der Waals surface area (Å²) < 4.78 is 5.63. The molecule has 5 nitrogen and oxygen atoms in total. The van der Waals surface area contributed by atoms with E-state index < -0.39 is 6.10 Å². The fourth-order valence-electron chi connectivity index (χ4n) is 1.87. The highest BCUT2D eigenvalue weighted by molar-refractivity contribution is 7.07. The zero-order valence-electron chi connectivity index (χ0n) is 13.3. The van der Waals surface area contributed by atoms with Gasteiger partial charge in [-0.05, 0) is 40.4 Å². The standard InChI is InChI=1S/C17H22N2O3S/c1-12(2)10-22-15-5-3-4-14(8-15)19-17(21)18-9-16(20)13-6-7-23-11-13/h3-8,11-12,16,20H,9-10H2,1-2H3,(H2,18,19,21). The molecule has 2 aromatic rings. The first-order valence-electron chi connectivity index (χ1n) is 7.52. The van der Waals surface area contributed by atoms with Crippen molar-refractivity contribution in [2.75, 3.05) is 18.5 Å². The lowest BCUT2D eigenvalue weighted by atomic mass is 10.2. The van der Waals surface area contributed by atoms with Gasteiger partial charge in [-0.1, -0.05) is 19.9 Å². The molecule has 0 fully saturated rings. The Kier molecular flexibility index (Phi) is 6.43. The van der Waals surface area contributed by atoms with E-state index in [0.29, 0.717) is 18.2 Å². The Morgan fingerprint density at radius 1 is 1.35 bits per heavy atom. The van der Waals surface area contributed by atoms with Crippen LogP contribution in [0.3, 0.4) is 0 Å². The number of aliphatic hydroxyl groups excluding tert-OH is 1. The molecule has 23 heavy (non-hydrogen) atoms. The summed E-state index contributed by atoms with van der Waals surface area (Å²) in [6, 6.07) is 8.72. The molecule has 0 aliphatic rings. The first-order valence-corrected chi connectivity index (χ1v) is 8.46. The summed E-state index contributed by atoms with van der Waals surface area (Å²) in [5.74, 6) is 1.16. The maximum absolute atomic E-state index is 11.9.